The molecule has 0 aromatic heterocycles. The summed E-state index contributed by atoms with van der Waals surface area (Å²) in [6, 6.07) is 6.30. The summed E-state index contributed by atoms with van der Waals surface area (Å²) >= 11 is 0. The van der Waals surface area contributed by atoms with Crippen LogP contribution in [0.5, 0.6) is 0 Å². The minimum Gasteiger partial charge on any atom is -0.357 e. The monoisotopic (exact) mass is 488 g/mol. The van der Waals surface area contributed by atoms with Crippen LogP contribution in [-0.4, -0.2) is 55.8 Å². The summed E-state index contributed by atoms with van der Waals surface area (Å²) < 4.78 is 50.5. The Kier molecular flexibility index (Phi) is 9.62. The van der Waals surface area contributed by atoms with E-state index >= 15 is 0 Å². The first kappa shape index (κ1) is 22.9. The molecule has 0 radical (unpaired) electrons. The smallest absolute Gasteiger partial charge is 0.357 e. The number of benzene rings is 1. The van der Waals surface area contributed by atoms with Crippen LogP contribution in [0, 0.1) is 5.82 Å². The standard InChI is InChI=1S/C17H24F4N4.HI/c1-2-22-16(23-8-6-13-4-3-5-14(18)10-13)24-15-7-9-25(11-15)12-17(19,20)21;/h3-5,10,15H,2,6-9,11-12H2,1H3,(H2,22,23,24);1H. The van der Waals surface area contributed by atoms with Gasteiger partial charge in [0.15, 0.2) is 5.96 Å². The van der Waals surface area contributed by atoms with Gasteiger partial charge in [-0.25, -0.2) is 4.39 Å². The van der Waals surface area contributed by atoms with Gasteiger partial charge in [0.05, 0.1) is 6.54 Å². The zero-order chi connectivity index (χ0) is 18.3. The number of halogens is 5. The number of alkyl halides is 3. The fraction of sp³-hybridized carbons (Fsp3) is 0.588. The first-order valence-electron chi connectivity index (χ1n) is 8.44. The van der Waals surface area contributed by atoms with Crippen LogP contribution in [0.2, 0.25) is 0 Å². The van der Waals surface area contributed by atoms with Gasteiger partial charge in [-0.05, 0) is 37.5 Å². The van der Waals surface area contributed by atoms with Gasteiger partial charge in [0.25, 0.3) is 0 Å². The Morgan fingerprint density at radius 3 is 2.77 bits per heavy atom. The molecule has 1 atom stereocenters. The van der Waals surface area contributed by atoms with Crippen molar-refractivity contribution in [3.05, 3.63) is 35.6 Å². The number of aliphatic imine (C=N–C) groups is 1. The second-order valence-corrected chi connectivity index (χ2v) is 6.12. The Morgan fingerprint density at radius 1 is 1.35 bits per heavy atom. The Hall–Kier alpha value is -1.10. The van der Waals surface area contributed by atoms with E-state index in [-0.39, 0.29) is 35.8 Å². The SMILES string of the molecule is CCNC(=NCCc1cccc(F)c1)NC1CCN(CC(F)(F)F)C1.I. The predicted molar refractivity (Wildman–Crippen MR) is 106 cm³/mol. The van der Waals surface area contributed by atoms with Crippen molar-refractivity contribution >= 4 is 29.9 Å². The quantitative estimate of drug-likeness (QED) is 0.280. The van der Waals surface area contributed by atoms with Crippen molar-refractivity contribution in [1.29, 1.82) is 0 Å². The Labute approximate surface area is 168 Å². The number of hydrogen-bond donors (Lipinski definition) is 2. The second-order valence-electron chi connectivity index (χ2n) is 6.12. The summed E-state index contributed by atoms with van der Waals surface area (Å²) in [5, 5.41) is 6.28. The molecular weight excluding hydrogens is 463 g/mol. The lowest BCUT2D eigenvalue weighted by molar-refractivity contribution is -0.143. The van der Waals surface area contributed by atoms with Gasteiger partial charge in [-0.3, -0.25) is 9.89 Å². The highest BCUT2D eigenvalue weighted by Crippen LogP contribution is 2.19. The van der Waals surface area contributed by atoms with E-state index in [0.29, 0.717) is 45.0 Å². The number of hydrogen-bond acceptors (Lipinski definition) is 2. The van der Waals surface area contributed by atoms with E-state index in [0.717, 1.165) is 5.56 Å². The molecule has 2 rings (SSSR count). The van der Waals surface area contributed by atoms with Crippen LogP contribution in [0.15, 0.2) is 29.3 Å². The third-order valence-corrected chi connectivity index (χ3v) is 3.92. The average Bonchev–Trinajstić information content (AvgIpc) is 2.92. The molecule has 148 valence electrons. The summed E-state index contributed by atoms with van der Waals surface area (Å²) in [6.45, 7) is 2.93. The molecule has 0 spiro atoms. The zero-order valence-corrected chi connectivity index (χ0v) is 17.0. The van der Waals surface area contributed by atoms with E-state index in [1.807, 2.05) is 13.0 Å². The van der Waals surface area contributed by atoms with E-state index in [1.54, 1.807) is 6.07 Å². The highest BCUT2D eigenvalue weighted by molar-refractivity contribution is 14.0. The zero-order valence-electron chi connectivity index (χ0n) is 14.7. The molecule has 1 aromatic carbocycles. The second kappa shape index (κ2) is 10.9. The summed E-state index contributed by atoms with van der Waals surface area (Å²) in [7, 11) is 0. The van der Waals surface area contributed by atoms with Crippen LogP contribution >= 0.6 is 24.0 Å². The van der Waals surface area contributed by atoms with Gasteiger partial charge in [-0.15, -0.1) is 24.0 Å². The van der Waals surface area contributed by atoms with Crippen molar-refractivity contribution in [2.24, 2.45) is 4.99 Å². The Bertz CT molecular complexity index is 580. The maximum Gasteiger partial charge on any atom is 0.401 e. The van der Waals surface area contributed by atoms with Crippen molar-refractivity contribution in [3.63, 3.8) is 0 Å². The molecule has 1 aliphatic heterocycles. The number of nitrogens with one attached hydrogen (secondary N) is 2. The minimum atomic E-state index is -4.17. The summed E-state index contributed by atoms with van der Waals surface area (Å²) in [5.74, 6) is 0.306. The molecule has 1 unspecified atom stereocenters. The van der Waals surface area contributed by atoms with Gasteiger partial charge in [-0.2, -0.15) is 13.2 Å². The molecule has 1 aromatic rings. The molecule has 9 heteroatoms. The van der Waals surface area contributed by atoms with Gasteiger partial charge < -0.3 is 10.6 Å². The maximum absolute atomic E-state index is 13.2. The number of likely N-dealkylation sites (tertiary alicyclic amines) is 1. The lowest BCUT2D eigenvalue weighted by Crippen LogP contribution is -2.45. The van der Waals surface area contributed by atoms with Gasteiger partial charge in [0, 0.05) is 32.2 Å². The molecular formula is C17H25F4IN4. The molecule has 26 heavy (non-hydrogen) atoms. The van der Waals surface area contributed by atoms with Gasteiger partial charge in [0.2, 0.25) is 0 Å². The predicted octanol–water partition coefficient (Wildman–Crippen LogP) is 3.18. The van der Waals surface area contributed by atoms with Crippen LogP contribution in [0.4, 0.5) is 17.6 Å². The lowest BCUT2D eigenvalue weighted by atomic mass is 10.1. The highest BCUT2D eigenvalue weighted by Gasteiger charge is 2.34. The van der Waals surface area contributed by atoms with E-state index in [1.165, 1.54) is 17.0 Å². The number of rotatable bonds is 6. The third kappa shape index (κ3) is 8.52. The molecule has 1 aliphatic rings. The molecule has 1 saturated heterocycles. The van der Waals surface area contributed by atoms with Crippen LogP contribution in [-0.2, 0) is 6.42 Å². The summed E-state index contributed by atoms with van der Waals surface area (Å²) in [4.78, 5) is 5.83. The summed E-state index contributed by atoms with van der Waals surface area (Å²) in [5.41, 5.74) is 0.858. The summed E-state index contributed by atoms with van der Waals surface area (Å²) in [6.07, 6.45) is -2.93. The van der Waals surface area contributed by atoms with Crippen LogP contribution in [0.1, 0.15) is 18.9 Å². The largest absolute Gasteiger partial charge is 0.401 e. The van der Waals surface area contributed by atoms with Gasteiger partial charge >= 0.3 is 6.18 Å². The number of guanidine groups is 1. The van der Waals surface area contributed by atoms with Crippen molar-refractivity contribution in [2.45, 2.75) is 32.0 Å². The van der Waals surface area contributed by atoms with E-state index in [9.17, 15) is 17.6 Å². The van der Waals surface area contributed by atoms with Crippen molar-refractivity contribution < 1.29 is 17.6 Å². The first-order chi connectivity index (χ1) is 11.9. The molecule has 4 nitrogen and oxygen atoms in total. The van der Waals surface area contributed by atoms with Crippen LogP contribution in [0.3, 0.4) is 0 Å². The first-order valence-corrected chi connectivity index (χ1v) is 8.44. The minimum absolute atomic E-state index is 0. The van der Waals surface area contributed by atoms with E-state index in [4.69, 9.17) is 0 Å². The highest BCUT2D eigenvalue weighted by atomic mass is 127. The molecule has 1 fully saturated rings. The fourth-order valence-corrected chi connectivity index (χ4v) is 2.85. The van der Waals surface area contributed by atoms with Crippen molar-refractivity contribution in [3.8, 4) is 0 Å². The molecule has 2 N–H and O–H groups in total. The van der Waals surface area contributed by atoms with Crippen molar-refractivity contribution in [1.82, 2.24) is 15.5 Å². The molecule has 0 bridgehead atoms. The molecule has 0 saturated carbocycles. The maximum atomic E-state index is 13.2. The van der Waals surface area contributed by atoms with Crippen LogP contribution < -0.4 is 10.6 Å². The Balaban J connectivity index is 0.00000338. The Morgan fingerprint density at radius 2 is 2.12 bits per heavy atom. The third-order valence-electron chi connectivity index (χ3n) is 3.92. The van der Waals surface area contributed by atoms with Gasteiger partial charge in [-0.1, -0.05) is 12.1 Å². The fourth-order valence-electron chi connectivity index (χ4n) is 2.85. The lowest BCUT2D eigenvalue weighted by Gasteiger charge is -2.19. The van der Waals surface area contributed by atoms with Gasteiger partial charge in [0.1, 0.15) is 5.82 Å². The normalized spacial score (nSPS) is 18.5. The number of nitrogens with zero attached hydrogens (tertiary/aromatic N) is 2. The van der Waals surface area contributed by atoms with E-state index < -0.39 is 12.7 Å². The van der Waals surface area contributed by atoms with Crippen molar-refractivity contribution in [2.75, 3.05) is 32.7 Å². The molecule has 0 aliphatic carbocycles. The topological polar surface area (TPSA) is 39.7 Å². The molecule has 0 amide bonds. The van der Waals surface area contributed by atoms with Crippen LogP contribution in [0.25, 0.3) is 0 Å². The average molecular weight is 488 g/mol. The molecule has 1 heterocycles. The van der Waals surface area contributed by atoms with E-state index in [2.05, 4.69) is 15.6 Å².